The highest BCUT2D eigenvalue weighted by Crippen LogP contribution is 2.35. The number of benzene rings is 2. The number of halogens is 1. The van der Waals surface area contributed by atoms with Crippen LogP contribution in [-0.4, -0.2) is 29.2 Å². The topological polar surface area (TPSA) is 126 Å². The van der Waals surface area contributed by atoms with Crippen molar-refractivity contribution in [1.82, 2.24) is 4.57 Å². The number of nitro benzene ring substituents is 1. The van der Waals surface area contributed by atoms with Crippen molar-refractivity contribution in [2.45, 2.75) is 19.9 Å². The molecule has 1 aliphatic heterocycles. The molecule has 40 heavy (non-hydrogen) atoms. The number of allylic oxidation sites excluding steroid dienone is 1. The minimum absolute atomic E-state index is 0.150. The Morgan fingerprint density at radius 1 is 1.25 bits per heavy atom. The molecule has 204 valence electrons. The first-order valence-corrected chi connectivity index (χ1v) is 12.9. The maximum atomic E-state index is 13.8. The number of aromatic nitrogens is 1. The first-order chi connectivity index (χ1) is 19.2. The lowest BCUT2D eigenvalue weighted by Gasteiger charge is -2.25. The number of furan rings is 1. The molecule has 1 aliphatic rings. The predicted octanol–water partition coefficient (Wildman–Crippen LogP) is 4.11. The van der Waals surface area contributed by atoms with Crippen LogP contribution in [0, 0.1) is 15.9 Å². The van der Waals surface area contributed by atoms with Crippen LogP contribution in [0.15, 0.2) is 80.1 Å². The van der Waals surface area contributed by atoms with Crippen LogP contribution in [0.1, 0.15) is 31.2 Å². The second-order valence-corrected chi connectivity index (χ2v) is 9.68. The van der Waals surface area contributed by atoms with E-state index in [1.165, 1.54) is 23.8 Å². The number of ether oxygens (including phenoxy) is 2. The van der Waals surface area contributed by atoms with E-state index in [4.69, 9.17) is 13.9 Å². The van der Waals surface area contributed by atoms with Crippen molar-refractivity contribution < 1.29 is 28.0 Å². The normalized spacial score (nSPS) is 15.0. The molecule has 0 aliphatic carbocycles. The van der Waals surface area contributed by atoms with Gasteiger partial charge in [-0.25, -0.2) is 9.79 Å². The first-order valence-electron chi connectivity index (χ1n) is 12.1. The fourth-order valence-corrected chi connectivity index (χ4v) is 5.53. The van der Waals surface area contributed by atoms with Gasteiger partial charge in [-0.3, -0.25) is 19.5 Å². The molecule has 2 aromatic carbocycles. The van der Waals surface area contributed by atoms with Crippen LogP contribution < -0.4 is 19.6 Å². The Kier molecular flexibility index (Phi) is 7.18. The molecule has 0 N–H and O–H groups in total. The van der Waals surface area contributed by atoms with E-state index >= 15 is 0 Å². The summed E-state index contributed by atoms with van der Waals surface area (Å²) in [6.07, 6.45) is 1.52. The van der Waals surface area contributed by atoms with Gasteiger partial charge in [-0.1, -0.05) is 29.5 Å². The van der Waals surface area contributed by atoms with Crippen molar-refractivity contribution in [2.24, 2.45) is 4.99 Å². The lowest BCUT2D eigenvalue weighted by molar-refractivity contribution is -0.387. The maximum absolute atomic E-state index is 13.8. The Morgan fingerprint density at radius 3 is 2.75 bits per heavy atom. The summed E-state index contributed by atoms with van der Waals surface area (Å²) >= 11 is 1.12. The zero-order chi connectivity index (χ0) is 28.6. The van der Waals surface area contributed by atoms with Gasteiger partial charge in [0.1, 0.15) is 23.3 Å². The van der Waals surface area contributed by atoms with E-state index in [-0.39, 0.29) is 22.5 Å². The quantitative estimate of drug-likeness (QED) is 0.188. The molecule has 1 atom stereocenters. The molecule has 0 radical (unpaired) electrons. The smallest absolute Gasteiger partial charge is 0.338 e. The van der Waals surface area contributed by atoms with Gasteiger partial charge < -0.3 is 13.9 Å². The van der Waals surface area contributed by atoms with Gasteiger partial charge in [0.25, 0.3) is 5.56 Å². The van der Waals surface area contributed by atoms with Crippen molar-refractivity contribution in [3.8, 4) is 17.1 Å². The molecule has 0 bridgehead atoms. The van der Waals surface area contributed by atoms with E-state index in [1.54, 1.807) is 50.2 Å². The number of nitro groups is 1. The van der Waals surface area contributed by atoms with E-state index < -0.39 is 34.0 Å². The number of methoxy groups -OCH3 is 1. The summed E-state index contributed by atoms with van der Waals surface area (Å²) in [5.74, 6) is -0.499. The zero-order valence-corrected chi connectivity index (χ0v) is 22.4. The third-order valence-corrected chi connectivity index (χ3v) is 7.26. The van der Waals surface area contributed by atoms with Crippen LogP contribution in [0.5, 0.6) is 5.75 Å². The van der Waals surface area contributed by atoms with Crippen LogP contribution in [0.2, 0.25) is 0 Å². The Labute approximate surface area is 230 Å². The largest absolute Gasteiger partial charge is 0.496 e. The minimum atomic E-state index is -0.955. The maximum Gasteiger partial charge on any atom is 0.338 e. The molecule has 12 heteroatoms. The molecule has 0 spiro atoms. The molecule has 0 saturated heterocycles. The van der Waals surface area contributed by atoms with Crippen molar-refractivity contribution in [1.29, 1.82) is 0 Å². The van der Waals surface area contributed by atoms with E-state index in [1.807, 2.05) is 0 Å². The highest BCUT2D eigenvalue weighted by atomic mass is 32.1. The molecule has 5 rings (SSSR count). The lowest BCUT2D eigenvalue weighted by Crippen LogP contribution is -2.40. The Balaban J connectivity index is 1.64. The number of esters is 1. The van der Waals surface area contributed by atoms with Crippen molar-refractivity contribution in [2.75, 3.05) is 13.7 Å². The highest BCUT2D eigenvalue weighted by molar-refractivity contribution is 7.07. The second kappa shape index (κ2) is 10.7. The zero-order valence-electron chi connectivity index (χ0n) is 21.5. The number of carbonyl (C=O) groups excluding carboxylic acids is 1. The van der Waals surface area contributed by atoms with Crippen LogP contribution >= 0.6 is 11.3 Å². The number of thiazole rings is 1. The van der Waals surface area contributed by atoms with Gasteiger partial charge in [-0.15, -0.1) is 0 Å². The van der Waals surface area contributed by atoms with E-state index in [2.05, 4.69) is 4.99 Å². The number of rotatable bonds is 7. The van der Waals surface area contributed by atoms with Crippen LogP contribution in [0.4, 0.5) is 10.1 Å². The highest BCUT2D eigenvalue weighted by Gasteiger charge is 2.35. The average molecular weight is 564 g/mol. The van der Waals surface area contributed by atoms with Crippen LogP contribution in [0.25, 0.3) is 17.4 Å². The molecule has 0 amide bonds. The summed E-state index contributed by atoms with van der Waals surface area (Å²) in [7, 11) is 1.51. The number of hydrogen-bond donors (Lipinski definition) is 0. The molecule has 4 aromatic rings. The second-order valence-electron chi connectivity index (χ2n) is 8.67. The van der Waals surface area contributed by atoms with Gasteiger partial charge in [-0.2, -0.15) is 4.39 Å². The summed E-state index contributed by atoms with van der Waals surface area (Å²) < 4.78 is 32.2. The molecular formula is C28H22FN3O7S. The van der Waals surface area contributed by atoms with Crippen molar-refractivity contribution >= 4 is 29.1 Å². The average Bonchev–Trinajstić information content (AvgIpc) is 3.52. The van der Waals surface area contributed by atoms with Gasteiger partial charge in [0, 0.05) is 23.3 Å². The van der Waals surface area contributed by atoms with E-state index in [0.717, 1.165) is 23.5 Å². The fourth-order valence-electron chi connectivity index (χ4n) is 4.50. The molecule has 2 aromatic heterocycles. The Hall–Kier alpha value is -4.84. The number of carbonyl (C=O) groups is 1. The molecule has 0 unspecified atom stereocenters. The summed E-state index contributed by atoms with van der Waals surface area (Å²) in [5, 5.41) is 11.1. The van der Waals surface area contributed by atoms with Crippen molar-refractivity contribution in [3.63, 3.8) is 0 Å². The SMILES string of the molecule is CCOC(=O)C1=C(C)N=c2s/c(=C\c3ccc(-c4ccc(F)c([N+](=O)[O-])c4)o3)c(=O)n2[C@@H]1c1ccccc1OC. The molecular weight excluding hydrogens is 541 g/mol. The Bertz CT molecular complexity index is 1870. The summed E-state index contributed by atoms with van der Waals surface area (Å²) in [6.45, 7) is 3.53. The van der Waals surface area contributed by atoms with Gasteiger partial charge in [0.15, 0.2) is 4.80 Å². The lowest BCUT2D eigenvalue weighted by atomic mass is 9.95. The van der Waals surface area contributed by atoms with E-state index in [9.17, 15) is 24.1 Å². The van der Waals surface area contributed by atoms with Crippen LogP contribution in [0.3, 0.4) is 0 Å². The van der Waals surface area contributed by atoms with Gasteiger partial charge in [0.05, 0.1) is 34.4 Å². The standard InChI is InChI=1S/C28H22FN3O7S/c1-4-38-27(34)24-15(2)30-28-31(25(24)18-7-5-6-8-22(18)37-3)26(33)23(40-28)14-17-10-12-21(39-17)16-9-11-19(29)20(13-16)32(35)36/h5-14,25H,4H2,1-3H3/b23-14-/t25-/m1/s1. The molecule has 0 fully saturated rings. The van der Waals surface area contributed by atoms with Crippen LogP contribution in [-0.2, 0) is 9.53 Å². The predicted molar refractivity (Wildman–Crippen MR) is 144 cm³/mol. The number of para-hydroxylation sites is 1. The number of hydrogen-bond acceptors (Lipinski definition) is 9. The third kappa shape index (κ3) is 4.73. The van der Waals surface area contributed by atoms with Gasteiger partial charge in [0.2, 0.25) is 5.82 Å². The number of nitrogens with zero attached hydrogens (tertiary/aromatic N) is 3. The molecule has 0 saturated carbocycles. The molecule has 3 heterocycles. The first kappa shape index (κ1) is 26.8. The summed E-state index contributed by atoms with van der Waals surface area (Å²) in [6, 6.07) is 12.9. The number of fused-ring (bicyclic) bond motifs is 1. The summed E-state index contributed by atoms with van der Waals surface area (Å²) in [4.78, 5) is 42.1. The van der Waals surface area contributed by atoms with Crippen molar-refractivity contribution in [3.05, 3.63) is 113 Å². The van der Waals surface area contributed by atoms with Gasteiger partial charge in [-0.05, 0) is 44.2 Å². The minimum Gasteiger partial charge on any atom is -0.496 e. The van der Waals surface area contributed by atoms with Gasteiger partial charge >= 0.3 is 11.7 Å². The third-order valence-electron chi connectivity index (χ3n) is 6.28. The van der Waals surface area contributed by atoms with E-state index in [0.29, 0.717) is 33.1 Å². The summed E-state index contributed by atoms with van der Waals surface area (Å²) in [5.41, 5.74) is 0.453. The molecule has 10 nitrogen and oxygen atoms in total. The monoisotopic (exact) mass is 563 g/mol. The fraction of sp³-hybridized carbons (Fsp3) is 0.179. The Morgan fingerprint density at radius 2 is 2.02 bits per heavy atom.